The number of carbonyl (C=O) groups is 21. The zero-order valence-corrected chi connectivity index (χ0v) is 84.8. The van der Waals surface area contributed by atoms with Crippen LogP contribution in [0.5, 0.6) is 0 Å². The van der Waals surface area contributed by atoms with Crippen molar-refractivity contribution in [1.82, 2.24) is 100 Å². The van der Waals surface area contributed by atoms with Crippen LogP contribution in [0.4, 0.5) is 0 Å². The molecule has 2 heterocycles. The van der Waals surface area contributed by atoms with Gasteiger partial charge >= 0.3 is 17.9 Å². The van der Waals surface area contributed by atoms with Gasteiger partial charge in [-0.2, -0.15) is 25.3 Å². The minimum atomic E-state index is -2.20. The molecule has 53 nitrogen and oxygen atoms in total. The minimum absolute atomic E-state index is 0.0128. The molecule has 1 aromatic carbocycles. The average molecular weight is 2090 g/mol. The molecule has 1 aliphatic rings. The number of aliphatic hydroxyl groups is 4. The topological polar surface area (TPSA) is 878 Å². The molecule has 3 rings (SSSR count). The Bertz CT molecular complexity index is 4740. The van der Waals surface area contributed by atoms with Crippen LogP contribution in [0.25, 0.3) is 10.9 Å². The van der Waals surface area contributed by atoms with E-state index in [4.69, 9.17) is 34.1 Å². The summed E-state index contributed by atoms with van der Waals surface area (Å²) in [5.41, 5.74) is 29.2. The van der Waals surface area contributed by atoms with E-state index in [-0.39, 0.29) is 101 Å². The van der Waals surface area contributed by atoms with Gasteiger partial charge in [0.15, 0.2) is 5.96 Å². The highest BCUT2D eigenvalue weighted by molar-refractivity contribution is 7.80. The number of aliphatic hydroxyl groups excluding tert-OH is 4. The predicted octanol–water partition coefficient (Wildman–Crippen LogP) is -8.99. The van der Waals surface area contributed by atoms with Gasteiger partial charge in [0, 0.05) is 54.5 Å². The zero-order valence-electron chi connectivity index (χ0n) is 83.1. The summed E-state index contributed by atoms with van der Waals surface area (Å²) < 4.78 is 0. The maximum atomic E-state index is 14.8. The molecule has 0 aliphatic carbocycles. The van der Waals surface area contributed by atoms with E-state index in [1.54, 1.807) is 79.7 Å². The van der Waals surface area contributed by atoms with Gasteiger partial charge < -0.3 is 165 Å². The molecule has 1 aromatic heterocycles. The number of aromatic amines is 1. The van der Waals surface area contributed by atoms with Crippen LogP contribution in [0.1, 0.15) is 184 Å². The number of thiol groups is 2. The maximum absolute atomic E-state index is 14.8. The molecule has 1 saturated heterocycles. The number of likely N-dealkylation sites (tertiary alicyclic amines) is 1. The Kier molecular flexibility index (Phi) is 56.0. The van der Waals surface area contributed by atoms with Crippen LogP contribution in [0.15, 0.2) is 30.5 Å². The van der Waals surface area contributed by atoms with Crippen molar-refractivity contribution >= 4 is 166 Å². The minimum Gasteiger partial charge on any atom is -0.481 e. The number of guanidine groups is 1. The Balaban J connectivity index is 1.93. The highest BCUT2D eigenvalue weighted by Crippen LogP contribution is 2.24. The smallest absolute Gasteiger partial charge is 0.328 e. The molecule has 55 heteroatoms. The molecule has 814 valence electrons. The van der Waals surface area contributed by atoms with Crippen molar-refractivity contribution in [2.24, 2.45) is 52.3 Å². The highest BCUT2D eigenvalue weighted by atomic mass is 32.1. The van der Waals surface area contributed by atoms with Gasteiger partial charge in [0.1, 0.15) is 103 Å². The SMILES string of the molecule is CC[C@H](C)[C@H](NC(=O)[C@H](CC(C)C)NC(=O)[C@H](CO)NC(=O)[C@H](CC(=O)O)NC(=O)[C@H](Cc1c[nH]c2ccccc12)NC(=O)[C@@H](NC(=O)[C@H](CC(=O)O)NC(=O)[C@H](CS)NC(=O)[C@@H](NC(=O)[C@@H](NC(=O)[C@@H](N)CCCNC(=N)N)[C@@H](C)CC)[C@@H](C)O)[C@@H](C)O)C(=O)N[C@@H](CCCCN)C(=O)N[C@@H](CCCCN)C(=O)N[C@@H](CS)C(=O)N[C@H](C(=O)N1CCC[C@H]1C(=O)N[C@@H](CCC(N)=O)C(=O)N[C@@H](CO)C(=O)O)C(C)C. The number of nitrogens with zero attached hydrogens (tertiary/aromatic N) is 1. The van der Waals surface area contributed by atoms with Crippen molar-refractivity contribution in [3.8, 4) is 0 Å². The number of hydrogen-bond donors (Lipinski definition) is 33. The van der Waals surface area contributed by atoms with E-state index in [1.165, 1.54) is 6.20 Å². The number of carbonyl (C=O) groups excluding carboxylic acids is 18. The number of primary amides is 1. The van der Waals surface area contributed by atoms with Gasteiger partial charge in [-0.25, -0.2) is 4.79 Å². The van der Waals surface area contributed by atoms with Crippen molar-refractivity contribution in [2.75, 3.05) is 50.9 Å². The number of aliphatic carboxylic acids is 3. The van der Waals surface area contributed by atoms with Gasteiger partial charge in [0.05, 0.1) is 44.3 Å². The second-order valence-corrected chi connectivity index (χ2v) is 37.1. The van der Waals surface area contributed by atoms with Gasteiger partial charge in [-0.1, -0.05) is 86.4 Å². The lowest BCUT2D eigenvalue weighted by atomic mass is 9.96. The third-order valence-corrected chi connectivity index (χ3v) is 24.7. The van der Waals surface area contributed by atoms with Gasteiger partial charge in [0.2, 0.25) is 106 Å². The summed E-state index contributed by atoms with van der Waals surface area (Å²) in [6, 6.07) is -23.6. The van der Waals surface area contributed by atoms with Crippen molar-refractivity contribution < 1.29 is 136 Å². The number of amides is 18. The number of benzene rings is 1. The van der Waals surface area contributed by atoms with E-state index in [0.717, 1.165) is 18.7 Å². The van der Waals surface area contributed by atoms with E-state index in [2.05, 4.69) is 121 Å². The molecule has 2 aromatic rings. The number of carboxylic acid groups (broad SMARTS) is 3. The Morgan fingerprint density at radius 2 is 0.841 bits per heavy atom. The van der Waals surface area contributed by atoms with E-state index in [0.29, 0.717) is 36.6 Å². The van der Waals surface area contributed by atoms with Crippen molar-refractivity contribution in [3.63, 3.8) is 0 Å². The summed E-state index contributed by atoms with van der Waals surface area (Å²) in [7, 11) is 0. The van der Waals surface area contributed by atoms with Gasteiger partial charge in [-0.15, -0.1) is 0 Å². The van der Waals surface area contributed by atoms with Crippen molar-refractivity contribution in [2.45, 2.75) is 306 Å². The molecule has 0 saturated carbocycles. The fraction of sp³-hybridized carbons (Fsp3) is 0.667. The normalized spacial score (nSPS) is 16.7. The Hall–Kier alpha value is -12.7. The summed E-state index contributed by atoms with van der Waals surface area (Å²) in [5, 5.41) is 121. The molecule has 1 fully saturated rings. The predicted molar refractivity (Wildman–Crippen MR) is 530 cm³/mol. The van der Waals surface area contributed by atoms with Crippen LogP contribution in [0.3, 0.4) is 0 Å². The first kappa shape index (κ1) is 126. The largest absolute Gasteiger partial charge is 0.481 e. The Labute approximate surface area is 849 Å². The lowest BCUT2D eigenvalue weighted by molar-refractivity contribution is -0.144. The second-order valence-electron chi connectivity index (χ2n) is 36.4. The van der Waals surface area contributed by atoms with E-state index < -0.39 is 320 Å². The van der Waals surface area contributed by atoms with Crippen LogP contribution in [-0.4, -0.2) is 348 Å². The van der Waals surface area contributed by atoms with Gasteiger partial charge in [-0.3, -0.25) is 101 Å². The standard InChI is InChI=1S/C90H149N25O28S2/c1-11-44(7)68(84(137)101-53(25-16-18-30-92)73(126)99-52(24-15-17-29-91)74(127)108-62(41-145)82(135)110-67(43(5)6)88(141)115-32-20-26-63(115)83(136)100-54(27-28-64(94)120)75(128)107-60(39-117)89(142)143)112-78(131)55(33-42(3)4)102-80(133)59(38-116)106-77(130)57(35-65(121)122)103-76(129)56(34-48-37-98-51-23-14-13-21-49(48)51)105-86(139)70(46(9)118)113-79(132)58(36-66(123)124)104-81(134)61(40-144)109-87(140)71(47(10)119)114-85(138)69(45(8)12-2)111-72(125)50(93)22-19-31-97-90(95)96/h13-14,21,23,37,42-47,50,52-63,67-71,98,116-119,144-145H,11-12,15-20,22,24-36,38-41,91-93H2,1-10H3,(H2,94,120)(H,99,126)(H,100,136)(H,101,137)(H,102,133)(H,103,129)(H,104,134)(H,105,139)(H,106,130)(H,107,128)(H,108,127)(H,109,140)(H,110,135)(H,111,125)(H,112,131)(H,113,132)(H,114,138)(H,121,122)(H,123,124)(H,142,143)(H4,95,96,97)/t44-,45-,46+,47+,50-,52-,53-,54-,55-,56-,57-,58-,59-,60-,61-,62-,63-,67-,68-,69-,70-,71-/m0/s1. The fourth-order valence-electron chi connectivity index (χ4n) is 15.2. The van der Waals surface area contributed by atoms with Crippen LogP contribution < -0.4 is 119 Å². The van der Waals surface area contributed by atoms with Crippen LogP contribution >= 0.6 is 25.3 Å². The molecule has 0 bridgehead atoms. The molecule has 145 heavy (non-hydrogen) atoms. The Morgan fingerprint density at radius 3 is 1.31 bits per heavy atom. The maximum Gasteiger partial charge on any atom is 0.328 e. The van der Waals surface area contributed by atoms with Crippen molar-refractivity contribution in [1.29, 1.82) is 5.41 Å². The summed E-state index contributed by atoms with van der Waals surface area (Å²) in [5.74, 6) is -28.3. The number of nitrogens with two attached hydrogens (primary N) is 5. The fourth-order valence-corrected chi connectivity index (χ4v) is 15.7. The Morgan fingerprint density at radius 1 is 0.455 bits per heavy atom. The number of aromatic nitrogens is 1. The number of H-pyrrole nitrogens is 1. The zero-order chi connectivity index (χ0) is 110. The number of carboxylic acids is 3. The molecular formula is C90H149N25O28S2. The number of fused-ring (bicyclic) bond motifs is 1. The van der Waals surface area contributed by atoms with Crippen LogP contribution in [0, 0.1) is 29.1 Å². The molecule has 0 unspecified atom stereocenters. The third-order valence-electron chi connectivity index (χ3n) is 23.9. The number of unbranched alkanes of at least 4 members (excludes halogenated alkanes) is 2. The lowest BCUT2D eigenvalue weighted by Gasteiger charge is -2.32. The molecular weight excluding hydrogens is 1940 g/mol. The molecule has 1 aliphatic heterocycles. The van der Waals surface area contributed by atoms with E-state index >= 15 is 0 Å². The number of rotatable bonds is 68. The molecule has 22 atom stereocenters. The quantitative estimate of drug-likeness (QED) is 0.0127. The summed E-state index contributed by atoms with van der Waals surface area (Å²) in [6.07, 6.45) is -4.18. The van der Waals surface area contributed by atoms with Crippen molar-refractivity contribution in [3.05, 3.63) is 36.0 Å². The number of para-hydroxylation sites is 1. The van der Waals surface area contributed by atoms with Gasteiger partial charge in [0.25, 0.3) is 0 Å². The molecule has 36 N–H and O–H groups in total. The average Bonchev–Trinajstić information content (AvgIpc) is 1.70. The molecule has 0 spiro atoms. The summed E-state index contributed by atoms with van der Waals surface area (Å²) in [6.45, 7) is 13.3. The lowest BCUT2D eigenvalue weighted by Crippen LogP contribution is -2.63. The highest BCUT2D eigenvalue weighted by Gasteiger charge is 2.45. The van der Waals surface area contributed by atoms with Gasteiger partial charge in [-0.05, 0) is 139 Å². The van der Waals surface area contributed by atoms with Crippen LogP contribution in [0.2, 0.25) is 0 Å². The molecule has 18 amide bonds. The first-order valence-corrected chi connectivity index (χ1v) is 49.2. The second kappa shape index (κ2) is 64.2. The first-order chi connectivity index (χ1) is 68.3. The number of hydrogen-bond acceptors (Lipinski definition) is 31. The summed E-state index contributed by atoms with van der Waals surface area (Å²) in [4.78, 5) is 295. The monoisotopic (exact) mass is 2090 g/mol. The molecule has 0 radical (unpaired) electrons. The third kappa shape index (κ3) is 42.5. The summed E-state index contributed by atoms with van der Waals surface area (Å²) >= 11 is 8.48. The van der Waals surface area contributed by atoms with E-state index in [9.17, 15) is 136 Å². The first-order valence-electron chi connectivity index (χ1n) is 48.0. The van der Waals surface area contributed by atoms with Crippen LogP contribution in [-0.2, 0) is 107 Å². The number of nitrogens with one attached hydrogen (secondary N) is 19. The van der Waals surface area contributed by atoms with E-state index in [1.807, 2.05) is 0 Å².